The molecule has 1 fully saturated rings. The molecule has 0 saturated carbocycles. The Labute approximate surface area is 150 Å². The van der Waals surface area contributed by atoms with Crippen molar-refractivity contribution >= 4 is 12.0 Å². The van der Waals surface area contributed by atoms with Gasteiger partial charge in [-0.05, 0) is 57.7 Å². The van der Waals surface area contributed by atoms with E-state index in [4.69, 9.17) is 9.47 Å². The minimum Gasteiger partial charge on any atom is -0.496 e. The van der Waals surface area contributed by atoms with Gasteiger partial charge in [0.2, 0.25) is 0 Å². The monoisotopic (exact) mass is 338 g/mol. The van der Waals surface area contributed by atoms with Crippen molar-refractivity contribution in [3.05, 3.63) is 58.7 Å². The van der Waals surface area contributed by atoms with E-state index in [0.717, 1.165) is 42.6 Å². The Kier molecular flexibility index (Phi) is 5.42. The molecule has 1 aliphatic heterocycles. The number of methoxy groups -OCH3 is 1. The molecule has 1 aliphatic carbocycles. The van der Waals surface area contributed by atoms with Gasteiger partial charge in [0, 0.05) is 17.1 Å². The quantitative estimate of drug-likeness (QED) is 0.428. The van der Waals surface area contributed by atoms with Gasteiger partial charge in [0.1, 0.15) is 11.9 Å². The van der Waals surface area contributed by atoms with Crippen LogP contribution < -0.4 is 4.74 Å². The summed E-state index contributed by atoms with van der Waals surface area (Å²) in [6, 6.07) is 7.77. The van der Waals surface area contributed by atoms with Gasteiger partial charge in [0.05, 0.1) is 7.11 Å². The van der Waals surface area contributed by atoms with E-state index in [1.165, 1.54) is 11.1 Å². The standard InChI is InChI=1S/C22H26O3/c1-15-7-6-8-16(2)13-21-18(12-11-15)19(22(23)25-21)14-17-9-4-5-10-20(17)24-3/h4-5,7,9-10,13-14,18,21H,6,8,11-12H2,1-3H3/b15-7-,16-13-,19-14+/t18-,21-/m1/s1. The zero-order valence-electron chi connectivity index (χ0n) is 15.2. The van der Waals surface area contributed by atoms with E-state index in [-0.39, 0.29) is 18.0 Å². The van der Waals surface area contributed by atoms with Crippen molar-refractivity contribution in [2.45, 2.75) is 45.6 Å². The molecule has 1 heterocycles. The normalized spacial score (nSPS) is 29.9. The molecule has 0 amide bonds. The van der Waals surface area contributed by atoms with Gasteiger partial charge in [0.15, 0.2) is 0 Å². The largest absolute Gasteiger partial charge is 0.496 e. The third kappa shape index (κ3) is 4.04. The van der Waals surface area contributed by atoms with Crippen LogP contribution in [-0.2, 0) is 9.53 Å². The first-order valence-electron chi connectivity index (χ1n) is 8.97. The summed E-state index contributed by atoms with van der Waals surface area (Å²) >= 11 is 0. The lowest BCUT2D eigenvalue weighted by Gasteiger charge is -2.18. The SMILES string of the molecule is COc1ccccc1/C=C1/C(=O)O[C@@H]2/C=C(/C)CC/C=C(/C)CC[C@H]12. The van der Waals surface area contributed by atoms with Gasteiger partial charge in [-0.2, -0.15) is 0 Å². The Bertz CT molecular complexity index is 739. The molecule has 0 aromatic heterocycles. The smallest absolute Gasteiger partial charge is 0.335 e. The molecule has 0 unspecified atom stereocenters. The number of rotatable bonds is 2. The lowest BCUT2D eigenvalue weighted by Crippen LogP contribution is -2.15. The zero-order valence-corrected chi connectivity index (χ0v) is 15.2. The number of benzene rings is 1. The number of para-hydroxylation sites is 1. The fourth-order valence-corrected chi connectivity index (χ4v) is 3.59. The van der Waals surface area contributed by atoms with Crippen molar-refractivity contribution in [2.75, 3.05) is 7.11 Å². The molecule has 3 heteroatoms. The Balaban J connectivity index is 1.98. The summed E-state index contributed by atoms with van der Waals surface area (Å²) < 4.78 is 11.1. The Morgan fingerprint density at radius 1 is 1.16 bits per heavy atom. The van der Waals surface area contributed by atoms with Crippen molar-refractivity contribution < 1.29 is 14.3 Å². The number of esters is 1. The molecule has 132 valence electrons. The molecule has 1 aromatic rings. The average Bonchev–Trinajstić information content (AvgIpc) is 2.88. The highest BCUT2D eigenvalue weighted by atomic mass is 16.6. The summed E-state index contributed by atoms with van der Waals surface area (Å²) in [4.78, 5) is 12.6. The van der Waals surface area contributed by atoms with Crippen LogP contribution in [0.3, 0.4) is 0 Å². The number of hydrogen-bond donors (Lipinski definition) is 0. The molecule has 0 N–H and O–H groups in total. The van der Waals surface area contributed by atoms with E-state index >= 15 is 0 Å². The van der Waals surface area contributed by atoms with Gasteiger partial charge in [-0.3, -0.25) is 0 Å². The molecule has 0 spiro atoms. The van der Waals surface area contributed by atoms with Crippen LogP contribution in [-0.4, -0.2) is 19.2 Å². The average molecular weight is 338 g/mol. The van der Waals surface area contributed by atoms with Gasteiger partial charge < -0.3 is 9.47 Å². The molecule has 0 radical (unpaired) electrons. The van der Waals surface area contributed by atoms with E-state index in [9.17, 15) is 4.79 Å². The van der Waals surface area contributed by atoms with Crippen LogP contribution in [0.1, 0.15) is 45.1 Å². The first-order chi connectivity index (χ1) is 12.1. The van der Waals surface area contributed by atoms with E-state index < -0.39 is 0 Å². The second-order valence-corrected chi connectivity index (χ2v) is 6.96. The summed E-state index contributed by atoms with van der Waals surface area (Å²) in [6.07, 6.45) is 10.2. The Morgan fingerprint density at radius 2 is 1.96 bits per heavy atom. The predicted molar refractivity (Wildman–Crippen MR) is 100 cm³/mol. The highest BCUT2D eigenvalue weighted by Crippen LogP contribution is 2.37. The topological polar surface area (TPSA) is 35.5 Å². The van der Waals surface area contributed by atoms with Crippen LogP contribution in [0.25, 0.3) is 6.08 Å². The third-order valence-corrected chi connectivity index (χ3v) is 5.05. The van der Waals surface area contributed by atoms with Crippen LogP contribution in [0.2, 0.25) is 0 Å². The molecule has 3 nitrogen and oxygen atoms in total. The number of fused-ring (bicyclic) bond motifs is 1. The number of carbonyl (C=O) groups excluding carboxylic acids is 1. The lowest BCUT2D eigenvalue weighted by molar-refractivity contribution is -0.137. The number of ether oxygens (including phenoxy) is 2. The van der Waals surface area contributed by atoms with Gasteiger partial charge in [-0.25, -0.2) is 4.79 Å². The molecular weight excluding hydrogens is 312 g/mol. The molecule has 25 heavy (non-hydrogen) atoms. The lowest BCUT2D eigenvalue weighted by atomic mass is 9.86. The first kappa shape index (κ1) is 17.5. The minimum absolute atomic E-state index is 0.0915. The second kappa shape index (κ2) is 7.73. The predicted octanol–water partition coefficient (Wildman–Crippen LogP) is 5.09. The van der Waals surface area contributed by atoms with Crippen LogP contribution >= 0.6 is 0 Å². The van der Waals surface area contributed by atoms with Crippen molar-refractivity contribution in [2.24, 2.45) is 5.92 Å². The highest BCUT2D eigenvalue weighted by molar-refractivity contribution is 5.97. The fraction of sp³-hybridized carbons (Fsp3) is 0.409. The van der Waals surface area contributed by atoms with Crippen molar-refractivity contribution in [1.29, 1.82) is 0 Å². The zero-order chi connectivity index (χ0) is 17.8. The summed E-state index contributed by atoms with van der Waals surface area (Å²) in [7, 11) is 1.65. The summed E-state index contributed by atoms with van der Waals surface area (Å²) in [5.41, 5.74) is 4.35. The van der Waals surface area contributed by atoms with E-state index in [0.29, 0.717) is 0 Å². The van der Waals surface area contributed by atoms with Crippen LogP contribution in [0.4, 0.5) is 0 Å². The number of hydrogen-bond acceptors (Lipinski definition) is 3. The summed E-state index contributed by atoms with van der Waals surface area (Å²) in [5, 5.41) is 0. The maximum atomic E-state index is 12.6. The van der Waals surface area contributed by atoms with Crippen LogP contribution in [0.5, 0.6) is 5.75 Å². The summed E-state index contributed by atoms with van der Waals surface area (Å²) in [6.45, 7) is 4.30. The highest BCUT2D eigenvalue weighted by Gasteiger charge is 2.38. The molecule has 2 atom stereocenters. The van der Waals surface area contributed by atoms with Crippen LogP contribution in [0, 0.1) is 5.92 Å². The molecule has 1 aromatic carbocycles. The molecule has 1 saturated heterocycles. The van der Waals surface area contributed by atoms with Gasteiger partial charge in [0.25, 0.3) is 0 Å². The fourth-order valence-electron chi connectivity index (χ4n) is 3.59. The molecule has 0 bridgehead atoms. The molecular formula is C22H26O3. The van der Waals surface area contributed by atoms with E-state index in [1.807, 2.05) is 30.3 Å². The maximum Gasteiger partial charge on any atom is 0.335 e. The first-order valence-corrected chi connectivity index (χ1v) is 8.97. The Hall–Kier alpha value is -2.29. The van der Waals surface area contributed by atoms with Crippen LogP contribution in [0.15, 0.2) is 53.1 Å². The van der Waals surface area contributed by atoms with Crippen molar-refractivity contribution in [3.63, 3.8) is 0 Å². The number of allylic oxidation sites excluding steroid dienone is 3. The molecule has 3 rings (SSSR count). The van der Waals surface area contributed by atoms with Crippen molar-refractivity contribution in [3.8, 4) is 5.75 Å². The number of carbonyl (C=O) groups is 1. The van der Waals surface area contributed by atoms with E-state index in [2.05, 4.69) is 26.0 Å². The summed E-state index contributed by atoms with van der Waals surface area (Å²) in [5.74, 6) is 0.661. The third-order valence-electron chi connectivity index (χ3n) is 5.05. The van der Waals surface area contributed by atoms with Gasteiger partial charge in [-0.15, -0.1) is 0 Å². The van der Waals surface area contributed by atoms with Gasteiger partial charge >= 0.3 is 5.97 Å². The van der Waals surface area contributed by atoms with Crippen molar-refractivity contribution in [1.82, 2.24) is 0 Å². The minimum atomic E-state index is -0.203. The van der Waals surface area contributed by atoms with E-state index in [1.54, 1.807) is 7.11 Å². The second-order valence-electron chi connectivity index (χ2n) is 6.96. The Morgan fingerprint density at radius 3 is 2.76 bits per heavy atom. The van der Waals surface area contributed by atoms with Gasteiger partial charge in [-0.1, -0.05) is 35.4 Å². The maximum absolute atomic E-state index is 12.6. The molecule has 2 aliphatic rings.